The van der Waals surface area contributed by atoms with Crippen LogP contribution in [0.4, 0.5) is 0 Å². The summed E-state index contributed by atoms with van der Waals surface area (Å²) in [6, 6.07) is 10.9. The number of aromatic nitrogens is 2. The lowest BCUT2D eigenvalue weighted by molar-refractivity contribution is -0.0383. The van der Waals surface area contributed by atoms with E-state index in [4.69, 9.17) is 4.74 Å². The van der Waals surface area contributed by atoms with Crippen molar-refractivity contribution in [3.05, 3.63) is 53.9 Å². The highest BCUT2D eigenvalue weighted by atomic mass is 16.5. The molecule has 0 radical (unpaired) electrons. The fraction of sp³-hybridized carbons (Fsp3) is 0.400. The second kappa shape index (κ2) is 4.94. The standard InChI is InChI=1S/C15H18N2O/c1-12-9-16-17(10-12)14-7-15(8-14)18-11-13-5-3-2-4-6-13/h2-6,9-10,14-15H,7-8,11H2,1H3. The highest BCUT2D eigenvalue weighted by molar-refractivity contribution is 5.13. The highest BCUT2D eigenvalue weighted by Crippen LogP contribution is 2.34. The Labute approximate surface area is 107 Å². The Balaban J connectivity index is 1.46. The molecule has 0 saturated heterocycles. The first-order chi connectivity index (χ1) is 8.81. The predicted octanol–water partition coefficient (Wildman–Crippen LogP) is 3.11. The maximum absolute atomic E-state index is 5.88. The van der Waals surface area contributed by atoms with Crippen LogP contribution in [0.1, 0.15) is 30.0 Å². The molecule has 0 atom stereocenters. The zero-order chi connectivity index (χ0) is 12.4. The Kier molecular flexibility index (Phi) is 3.15. The smallest absolute Gasteiger partial charge is 0.0720 e. The Morgan fingerprint density at radius 3 is 2.72 bits per heavy atom. The highest BCUT2D eigenvalue weighted by Gasteiger charge is 2.31. The van der Waals surface area contributed by atoms with Gasteiger partial charge in [-0.3, -0.25) is 4.68 Å². The molecule has 3 rings (SSSR count). The van der Waals surface area contributed by atoms with Crippen LogP contribution in [0.25, 0.3) is 0 Å². The molecule has 3 nitrogen and oxygen atoms in total. The molecule has 1 saturated carbocycles. The minimum Gasteiger partial charge on any atom is -0.373 e. The van der Waals surface area contributed by atoms with E-state index in [1.54, 1.807) is 0 Å². The van der Waals surface area contributed by atoms with Crippen LogP contribution in [-0.2, 0) is 11.3 Å². The van der Waals surface area contributed by atoms with Crippen molar-refractivity contribution in [2.45, 2.75) is 38.5 Å². The lowest BCUT2D eigenvalue weighted by atomic mass is 9.89. The van der Waals surface area contributed by atoms with Crippen LogP contribution in [0.15, 0.2) is 42.7 Å². The van der Waals surface area contributed by atoms with Crippen molar-refractivity contribution in [1.82, 2.24) is 9.78 Å². The van der Waals surface area contributed by atoms with Crippen LogP contribution in [0.2, 0.25) is 0 Å². The summed E-state index contributed by atoms with van der Waals surface area (Å²) in [5.74, 6) is 0. The van der Waals surface area contributed by atoms with Crippen molar-refractivity contribution in [3.8, 4) is 0 Å². The van der Waals surface area contributed by atoms with Gasteiger partial charge in [-0.25, -0.2) is 0 Å². The largest absolute Gasteiger partial charge is 0.373 e. The van der Waals surface area contributed by atoms with Gasteiger partial charge >= 0.3 is 0 Å². The number of nitrogens with zero attached hydrogens (tertiary/aromatic N) is 2. The average molecular weight is 242 g/mol. The quantitative estimate of drug-likeness (QED) is 0.823. The zero-order valence-electron chi connectivity index (χ0n) is 10.6. The molecule has 0 unspecified atom stereocenters. The van der Waals surface area contributed by atoms with Crippen LogP contribution in [0, 0.1) is 6.92 Å². The Morgan fingerprint density at radius 2 is 2.06 bits per heavy atom. The SMILES string of the molecule is Cc1cnn(C2CC(OCc3ccccc3)C2)c1. The van der Waals surface area contributed by atoms with E-state index >= 15 is 0 Å². The monoisotopic (exact) mass is 242 g/mol. The molecular weight excluding hydrogens is 224 g/mol. The van der Waals surface area contributed by atoms with Gasteiger partial charge in [-0.1, -0.05) is 30.3 Å². The first-order valence-corrected chi connectivity index (χ1v) is 6.47. The van der Waals surface area contributed by atoms with Gasteiger partial charge in [0.15, 0.2) is 0 Å². The molecule has 3 heteroatoms. The summed E-state index contributed by atoms with van der Waals surface area (Å²) >= 11 is 0. The minimum atomic E-state index is 0.389. The number of hydrogen-bond acceptors (Lipinski definition) is 2. The normalized spacial score (nSPS) is 22.7. The molecule has 1 aliphatic rings. The molecular formula is C15H18N2O. The van der Waals surface area contributed by atoms with E-state index < -0.39 is 0 Å². The van der Waals surface area contributed by atoms with Gasteiger partial charge in [0.25, 0.3) is 0 Å². The van der Waals surface area contributed by atoms with Crippen LogP contribution in [0.3, 0.4) is 0 Å². The summed E-state index contributed by atoms with van der Waals surface area (Å²) in [4.78, 5) is 0. The van der Waals surface area contributed by atoms with Gasteiger partial charge in [0, 0.05) is 6.20 Å². The van der Waals surface area contributed by atoms with Gasteiger partial charge in [-0.15, -0.1) is 0 Å². The molecule has 1 heterocycles. The van der Waals surface area contributed by atoms with E-state index in [-0.39, 0.29) is 0 Å². The maximum Gasteiger partial charge on any atom is 0.0720 e. The summed E-state index contributed by atoms with van der Waals surface area (Å²) in [5, 5.41) is 4.35. The Hall–Kier alpha value is -1.61. The summed E-state index contributed by atoms with van der Waals surface area (Å²) in [6.07, 6.45) is 6.57. The fourth-order valence-electron chi connectivity index (χ4n) is 2.31. The topological polar surface area (TPSA) is 27.1 Å². The summed E-state index contributed by atoms with van der Waals surface area (Å²) in [7, 11) is 0. The number of hydrogen-bond donors (Lipinski definition) is 0. The third kappa shape index (κ3) is 2.46. The minimum absolute atomic E-state index is 0.389. The third-order valence-corrected chi connectivity index (χ3v) is 3.50. The number of rotatable bonds is 4. The lowest BCUT2D eigenvalue weighted by Gasteiger charge is -2.35. The zero-order valence-corrected chi connectivity index (χ0v) is 10.6. The van der Waals surface area contributed by atoms with E-state index in [0.29, 0.717) is 12.1 Å². The molecule has 2 aromatic rings. The predicted molar refractivity (Wildman–Crippen MR) is 70.3 cm³/mol. The van der Waals surface area contributed by atoms with E-state index in [2.05, 4.69) is 47.2 Å². The molecule has 94 valence electrons. The molecule has 0 amide bonds. The molecule has 1 fully saturated rings. The third-order valence-electron chi connectivity index (χ3n) is 3.50. The molecule has 1 aromatic carbocycles. The first-order valence-electron chi connectivity index (χ1n) is 6.47. The summed E-state index contributed by atoms with van der Waals surface area (Å²) in [6.45, 7) is 2.79. The first kappa shape index (κ1) is 11.5. The van der Waals surface area contributed by atoms with Crippen molar-refractivity contribution < 1.29 is 4.74 Å². The Bertz CT molecular complexity index is 500. The van der Waals surface area contributed by atoms with Crippen LogP contribution < -0.4 is 0 Å². The molecule has 1 aliphatic carbocycles. The number of ether oxygens (including phenoxy) is 1. The van der Waals surface area contributed by atoms with Crippen molar-refractivity contribution in [1.29, 1.82) is 0 Å². The lowest BCUT2D eigenvalue weighted by Crippen LogP contribution is -2.33. The summed E-state index contributed by atoms with van der Waals surface area (Å²) in [5.41, 5.74) is 2.47. The van der Waals surface area contributed by atoms with Crippen molar-refractivity contribution in [2.24, 2.45) is 0 Å². The maximum atomic E-state index is 5.88. The Morgan fingerprint density at radius 1 is 1.28 bits per heavy atom. The molecule has 0 aliphatic heterocycles. The van der Waals surface area contributed by atoms with E-state index in [1.807, 2.05) is 12.3 Å². The van der Waals surface area contributed by atoms with Gasteiger partial charge in [0.1, 0.15) is 0 Å². The van der Waals surface area contributed by atoms with Crippen molar-refractivity contribution >= 4 is 0 Å². The summed E-state index contributed by atoms with van der Waals surface area (Å²) < 4.78 is 7.95. The van der Waals surface area contributed by atoms with Crippen LogP contribution in [-0.4, -0.2) is 15.9 Å². The van der Waals surface area contributed by atoms with Crippen molar-refractivity contribution in [3.63, 3.8) is 0 Å². The second-order valence-corrected chi connectivity index (χ2v) is 5.04. The fourth-order valence-corrected chi connectivity index (χ4v) is 2.31. The van der Waals surface area contributed by atoms with Gasteiger partial charge in [0.2, 0.25) is 0 Å². The number of aryl methyl sites for hydroxylation is 1. The van der Waals surface area contributed by atoms with Crippen LogP contribution >= 0.6 is 0 Å². The van der Waals surface area contributed by atoms with Gasteiger partial charge < -0.3 is 4.74 Å². The number of benzene rings is 1. The molecule has 18 heavy (non-hydrogen) atoms. The van der Waals surface area contributed by atoms with Crippen LogP contribution in [0.5, 0.6) is 0 Å². The van der Waals surface area contributed by atoms with Gasteiger partial charge in [-0.05, 0) is 30.9 Å². The molecule has 0 spiro atoms. The van der Waals surface area contributed by atoms with E-state index in [1.165, 1.54) is 11.1 Å². The molecule has 1 aromatic heterocycles. The average Bonchev–Trinajstić information content (AvgIpc) is 2.75. The second-order valence-electron chi connectivity index (χ2n) is 5.04. The van der Waals surface area contributed by atoms with Gasteiger partial charge in [-0.2, -0.15) is 5.10 Å². The van der Waals surface area contributed by atoms with Gasteiger partial charge in [0.05, 0.1) is 24.9 Å². The molecule has 0 N–H and O–H groups in total. The van der Waals surface area contributed by atoms with Crippen molar-refractivity contribution in [2.75, 3.05) is 0 Å². The van der Waals surface area contributed by atoms with E-state index in [0.717, 1.165) is 19.4 Å². The molecule has 0 bridgehead atoms. The van der Waals surface area contributed by atoms with E-state index in [9.17, 15) is 0 Å².